The van der Waals surface area contributed by atoms with Crippen molar-refractivity contribution in [3.05, 3.63) is 17.0 Å². The van der Waals surface area contributed by atoms with Crippen LogP contribution in [0.2, 0.25) is 0 Å². The van der Waals surface area contributed by atoms with E-state index in [2.05, 4.69) is 10.3 Å². The van der Waals surface area contributed by atoms with Crippen LogP contribution in [0.1, 0.15) is 61.8 Å². The van der Waals surface area contributed by atoms with Gasteiger partial charge in [-0.25, -0.2) is 13.2 Å². The third-order valence-corrected chi connectivity index (χ3v) is 7.29. The highest BCUT2D eigenvalue weighted by Crippen LogP contribution is 2.30. The van der Waals surface area contributed by atoms with Crippen molar-refractivity contribution < 1.29 is 22.7 Å². The van der Waals surface area contributed by atoms with Crippen molar-refractivity contribution in [2.24, 2.45) is 5.92 Å². The summed E-state index contributed by atoms with van der Waals surface area (Å²) in [6.45, 7) is 9.57. The third kappa shape index (κ3) is 4.57. The number of amides is 1. The molecule has 1 fully saturated rings. The van der Waals surface area contributed by atoms with Gasteiger partial charge < -0.3 is 15.0 Å². The lowest BCUT2D eigenvalue weighted by atomic mass is 9.97. The van der Waals surface area contributed by atoms with Crippen LogP contribution in [-0.2, 0) is 19.6 Å². The molecule has 28 heavy (non-hydrogen) atoms. The van der Waals surface area contributed by atoms with Gasteiger partial charge in [0.2, 0.25) is 15.9 Å². The quantitative estimate of drug-likeness (QED) is 0.666. The zero-order valence-corrected chi connectivity index (χ0v) is 18.1. The average molecular weight is 414 g/mol. The number of ether oxygens (including phenoxy) is 1. The normalized spacial score (nSPS) is 17.3. The number of hydrogen-bond acceptors (Lipinski definition) is 5. The van der Waals surface area contributed by atoms with Crippen molar-refractivity contribution in [3.8, 4) is 0 Å². The van der Waals surface area contributed by atoms with Crippen molar-refractivity contribution in [2.75, 3.05) is 19.7 Å². The number of sulfonamides is 1. The van der Waals surface area contributed by atoms with Crippen LogP contribution in [0.15, 0.2) is 4.90 Å². The van der Waals surface area contributed by atoms with Gasteiger partial charge in [-0.05, 0) is 47.0 Å². The second-order valence-corrected chi connectivity index (χ2v) is 9.17. The molecule has 9 heteroatoms. The fraction of sp³-hybridized carbons (Fsp3) is 0.684. The van der Waals surface area contributed by atoms with Crippen LogP contribution in [0.25, 0.3) is 0 Å². The SMILES string of the molecule is CCOC(=O)c1c(C)[nH]c(C)c1S(=O)(=O)N1CCC(C(=O)N[C@@H](C)CC)CC1. The first-order valence-corrected chi connectivity index (χ1v) is 11.2. The van der Waals surface area contributed by atoms with Crippen LogP contribution in [0, 0.1) is 19.8 Å². The molecule has 2 heterocycles. The highest BCUT2D eigenvalue weighted by molar-refractivity contribution is 7.89. The summed E-state index contributed by atoms with van der Waals surface area (Å²) in [5.41, 5.74) is 0.950. The van der Waals surface area contributed by atoms with Crippen LogP contribution < -0.4 is 5.32 Å². The summed E-state index contributed by atoms with van der Waals surface area (Å²) in [7, 11) is -3.87. The fourth-order valence-corrected chi connectivity index (χ4v) is 5.36. The standard InChI is InChI=1S/C19H31N3O5S/c1-6-12(3)20-18(23)15-8-10-22(11-9-15)28(25,26)17-14(5)21-13(4)16(17)19(24)27-7-2/h12,15,21H,6-11H2,1-5H3,(H,20,23)/t12-/m0/s1. The van der Waals surface area contributed by atoms with E-state index in [0.717, 1.165) is 6.42 Å². The number of rotatable bonds is 7. The molecular formula is C19H31N3O5S. The van der Waals surface area contributed by atoms with Gasteiger partial charge in [-0.15, -0.1) is 0 Å². The molecule has 0 saturated carbocycles. The van der Waals surface area contributed by atoms with Gasteiger partial charge in [-0.3, -0.25) is 4.79 Å². The van der Waals surface area contributed by atoms with Crippen molar-refractivity contribution in [1.82, 2.24) is 14.6 Å². The average Bonchev–Trinajstić information content (AvgIpc) is 2.96. The number of aromatic amines is 1. The Labute approximate surface area is 167 Å². The predicted molar refractivity (Wildman–Crippen MR) is 106 cm³/mol. The van der Waals surface area contributed by atoms with Gasteiger partial charge in [0.15, 0.2) is 0 Å². The van der Waals surface area contributed by atoms with Crippen molar-refractivity contribution in [3.63, 3.8) is 0 Å². The monoisotopic (exact) mass is 413 g/mol. The molecule has 0 aliphatic carbocycles. The molecule has 1 amide bonds. The molecule has 1 aromatic rings. The number of hydrogen-bond donors (Lipinski definition) is 2. The number of carbonyl (C=O) groups is 2. The Balaban J connectivity index is 2.19. The number of nitrogens with one attached hydrogen (secondary N) is 2. The Morgan fingerprint density at radius 1 is 1.21 bits per heavy atom. The number of piperidine rings is 1. The maximum absolute atomic E-state index is 13.2. The molecule has 158 valence electrons. The lowest BCUT2D eigenvalue weighted by Gasteiger charge is -2.31. The molecule has 0 bridgehead atoms. The molecule has 1 saturated heterocycles. The predicted octanol–water partition coefficient (Wildman–Crippen LogP) is 2.12. The van der Waals surface area contributed by atoms with Crippen LogP contribution >= 0.6 is 0 Å². The molecule has 0 radical (unpaired) electrons. The Bertz CT molecular complexity index is 823. The van der Waals surface area contributed by atoms with E-state index in [4.69, 9.17) is 4.74 Å². The summed E-state index contributed by atoms with van der Waals surface area (Å²) >= 11 is 0. The Morgan fingerprint density at radius 2 is 1.82 bits per heavy atom. The summed E-state index contributed by atoms with van der Waals surface area (Å²) in [5.74, 6) is -0.864. The molecule has 0 aromatic carbocycles. The molecule has 0 unspecified atom stereocenters. The molecule has 1 atom stereocenters. The second kappa shape index (κ2) is 9.09. The van der Waals surface area contributed by atoms with Gasteiger partial charge in [0.25, 0.3) is 0 Å². The molecule has 1 aromatic heterocycles. The highest BCUT2D eigenvalue weighted by Gasteiger charge is 2.37. The maximum atomic E-state index is 13.2. The minimum atomic E-state index is -3.87. The van der Waals surface area contributed by atoms with Crippen molar-refractivity contribution in [2.45, 2.75) is 64.8 Å². The summed E-state index contributed by atoms with van der Waals surface area (Å²) in [5, 5.41) is 2.96. The number of carbonyl (C=O) groups excluding carboxylic acids is 2. The van der Waals surface area contributed by atoms with E-state index in [0.29, 0.717) is 24.2 Å². The van der Waals surface area contributed by atoms with Crippen LogP contribution in [0.5, 0.6) is 0 Å². The summed E-state index contributed by atoms with van der Waals surface area (Å²) in [6, 6.07) is 0.104. The number of aryl methyl sites for hydroxylation is 2. The van der Waals surface area contributed by atoms with E-state index in [1.165, 1.54) is 4.31 Å². The summed E-state index contributed by atoms with van der Waals surface area (Å²) in [6.07, 6.45) is 1.76. The van der Waals surface area contributed by atoms with Crippen LogP contribution in [0.4, 0.5) is 0 Å². The van der Waals surface area contributed by atoms with Gasteiger partial charge in [-0.2, -0.15) is 4.31 Å². The lowest BCUT2D eigenvalue weighted by molar-refractivity contribution is -0.126. The lowest BCUT2D eigenvalue weighted by Crippen LogP contribution is -2.44. The number of aromatic nitrogens is 1. The van der Waals surface area contributed by atoms with Gasteiger partial charge in [0.05, 0.1) is 6.61 Å². The van der Waals surface area contributed by atoms with Crippen molar-refractivity contribution in [1.29, 1.82) is 0 Å². The molecule has 1 aliphatic rings. The van der Waals surface area contributed by atoms with Crippen LogP contribution in [-0.4, -0.2) is 55.3 Å². The van der Waals surface area contributed by atoms with E-state index in [1.54, 1.807) is 20.8 Å². The third-order valence-electron chi connectivity index (χ3n) is 5.22. The van der Waals surface area contributed by atoms with Gasteiger partial charge in [0, 0.05) is 36.4 Å². The summed E-state index contributed by atoms with van der Waals surface area (Å²) < 4.78 is 32.9. The molecule has 2 rings (SSSR count). The number of nitrogens with zero attached hydrogens (tertiary/aromatic N) is 1. The molecule has 0 spiro atoms. The van der Waals surface area contributed by atoms with E-state index in [1.807, 2.05) is 13.8 Å². The molecule has 2 N–H and O–H groups in total. The zero-order chi connectivity index (χ0) is 21.1. The van der Waals surface area contributed by atoms with E-state index < -0.39 is 16.0 Å². The second-order valence-electron chi connectivity index (χ2n) is 7.30. The van der Waals surface area contributed by atoms with Crippen molar-refractivity contribution >= 4 is 21.9 Å². The fourth-order valence-electron chi connectivity index (χ4n) is 3.48. The molecule has 8 nitrogen and oxygen atoms in total. The maximum Gasteiger partial charge on any atom is 0.341 e. The smallest absolute Gasteiger partial charge is 0.341 e. The number of H-pyrrole nitrogens is 1. The van der Waals surface area contributed by atoms with E-state index >= 15 is 0 Å². The van der Waals surface area contributed by atoms with Crippen LogP contribution in [0.3, 0.4) is 0 Å². The first-order chi connectivity index (χ1) is 13.1. The Morgan fingerprint density at radius 3 is 2.36 bits per heavy atom. The van der Waals surface area contributed by atoms with E-state index in [9.17, 15) is 18.0 Å². The largest absolute Gasteiger partial charge is 0.462 e. The number of esters is 1. The minimum absolute atomic E-state index is 0.0210. The Kier molecular flexibility index (Phi) is 7.28. The zero-order valence-electron chi connectivity index (χ0n) is 17.3. The van der Waals surface area contributed by atoms with Gasteiger partial charge in [-0.1, -0.05) is 6.92 Å². The van der Waals surface area contributed by atoms with E-state index in [-0.39, 0.29) is 48.0 Å². The first kappa shape index (κ1) is 22.4. The molecular weight excluding hydrogens is 382 g/mol. The Hall–Kier alpha value is -1.87. The van der Waals surface area contributed by atoms with Gasteiger partial charge >= 0.3 is 5.97 Å². The summed E-state index contributed by atoms with van der Waals surface area (Å²) in [4.78, 5) is 27.6. The van der Waals surface area contributed by atoms with Gasteiger partial charge in [0.1, 0.15) is 10.5 Å². The first-order valence-electron chi connectivity index (χ1n) is 9.80. The molecule has 1 aliphatic heterocycles. The minimum Gasteiger partial charge on any atom is -0.462 e. The topological polar surface area (TPSA) is 109 Å². The highest BCUT2D eigenvalue weighted by atomic mass is 32.2.